The molecule has 0 saturated carbocycles. The van der Waals surface area contributed by atoms with Gasteiger partial charge in [0.15, 0.2) is 17.4 Å². The Balaban J connectivity index is 2.10. The number of hydrogen-bond donors (Lipinski definition) is 4. The first kappa shape index (κ1) is 14.8. The molecule has 0 aliphatic carbocycles. The maximum Gasteiger partial charge on any atom is 0.279 e. The molecule has 2 aromatic rings. The maximum absolute atomic E-state index is 12.3. The van der Waals surface area contributed by atoms with Gasteiger partial charge in [0.2, 0.25) is 0 Å². The van der Waals surface area contributed by atoms with E-state index in [0.29, 0.717) is 0 Å². The van der Waals surface area contributed by atoms with Crippen molar-refractivity contribution >= 4 is 17.2 Å². The molecule has 0 amide bonds. The largest absolute Gasteiger partial charge is 0.394 e. The Morgan fingerprint density at radius 2 is 2.23 bits per heavy atom. The lowest BCUT2D eigenvalue weighted by atomic mass is 10.1. The van der Waals surface area contributed by atoms with Gasteiger partial charge < -0.3 is 25.0 Å². The zero-order valence-electron chi connectivity index (χ0n) is 11.1. The number of ether oxygens (including phenoxy) is 1. The molecular weight excluding hydrogens is 299 g/mol. The third kappa shape index (κ3) is 2.22. The molecule has 0 spiro atoms. The lowest BCUT2D eigenvalue weighted by Gasteiger charge is -2.16. The third-order valence-electron chi connectivity index (χ3n) is 3.46. The number of aromatic nitrogens is 4. The molecule has 1 aliphatic heterocycles. The zero-order chi connectivity index (χ0) is 15.9. The predicted octanol–water partition coefficient (Wildman–Crippen LogP) is -1.33. The molecule has 118 valence electrons. The second kappa shape index (κ2) is 5.57. The van der Waals surface area contributed by atoms with Crippen molar-refractivity contribution in [3.63, 3.8) is 0 Å². The van der Waals surface area contributed by atoms with Crippen LogP contribution in [0.25, 0.3) is 17.2 Å². The Morgan fingerprint density at radius 1 is 1.45 bits per heavy atom. The van der Waals surface area contributed by atoms with Crippen LogP contribution in [0.5, 0.6) is 0 Å². The summed E-state index contributed by atoms with van der Waals surface area (Å²) in [4.78, 5) is 22.1. The van der Waals surface area contributed by atoms with Crippen molar-refractivity contribution in [1.29, 1.82) is 0 Å². The first-order valence-corrected chi connectivity index (χ1v) is 6.43. The van der Waals surface area contributed by atoms with E-state index >= 15 is 0 Å². The zero-order valence-corrected chi connectivity index (χ0v) is 11.1. The number of fused-ring (bicyclic) bond motifs is 1. The summed E-state index contributed by atoms with van der Waals surface area (Å²) in [5, 5.41) is 28.9. The highest BCUT2D eigenvalue weighted by Gasteiger charge is 2.44. The van der Waals surface area contributed by atoms with Gasteiger partial charge in [-0.15, -0.1) is 0 Å². The molecule has 0 aromatic carbocycles. The number of rotatable bonds is 3. The van der Waals surface area contributed by atoms with E-state index in [-0.39, 0.29) is 23.3 Å². The number of imidazole rings is 1. The number of H-pyrrole nitrogens is 1. The topological polar surface area (TPSA) is 133 Å². The molecule has 0 bridgehead atoms. The minimum atomic E-state index is -1.34. The van der Waals surface area contributed by atoms with Crippen LogP contribution < -0.4 is 5.56 Å². The van der Waals surface area contributed by atoms with Crippen molar-refractivity contribution in [3.05, 3.63) is 28.8 Å². The second-order valence-electron chi connectivity index (χ2n) is 4.80. The molecule has 4 N–H and O–H groups in total. The van der Waals surface area contributed by atoms with Crippen molar-refractivity contribution in [1.82, 2.24) is 19.5 Å². The van der Waals surface area contributed by atoms with Gasteiger partial charge in [0.1, 0.15) is 24.1 Å². The number of hydrogen-bond acceptors (Lipinski definition) is 7. The summed E-state index contributed by atoms with van der Waals surface area (Å²) in [5.74, 6) is -0.0338. The lowest BCUT2D eigenvalue weighted by Crippen LogP contribution is -2.33. The van der Waals surface area contributed by atoms with E-state index in [9.17, 15) is 19.4 Å². The normalized spacial score (nSPS) is 28.9. The molecule has 1 aliphatic rings. The van der Waals surface area contributed by atoms with Crippen LogP contribution in [0.1, 0.15) is 12.1 Å². The van der Waals surface area contributed by atoms with Crippen molar-refractivity contribution in [2.24, 2.45) is 0 Å². The van der Waals surface area contributed by atoms with Gasteiger partial charge in [-0.1, -0.05) is 0 Å². The summed E-state index contributed by atoms with van der Waals surface area (Å²) in [5.41, 5.74) is -0.538. The van der Waals surface area contributed by atoms with Gasteiger partial charge in [0.05, 0.1) is 19.3 Å². The molecule has 9 nitrogen and oxygen atoms in total. The Hall–Kier alpha value is -2.14. The van der Waals surface area contributed by atoms with Crippen LogP contribution in [0.15, 0.2) is 17.5 Å². The van der Waals surface area contributed by atoms with Crippen molar-refractivity contribution < 1.29 is 24.4 Å². The van der Waals surface area contributed by atoms with Crippen LogP contribution in [0.2, 0.25) is 0 Å². The second-order valence-corrected chi connectivity index (χ2v) is 4.80. The van der Waals surface area contributed by atoms with E-state index in [0.717, 1.165) is 6.08 Å². The van der Waals surface area contributed by atoms with Gasteiger partial charge in [0, 0.05) is 6.08 Å². The molecule has 3 heterocycles. The van der Waals surface area contributed by atoms with Crippen molar-refractivity contribution in [3.8, 4) is 0 Å². The summed E-state index contributed by atoms with van der Waals surface area (Å²) in [6.45, 7) is -0.481. The average molecular weight is 312 g/mol. The van der Waals surface area contributed by atoms with Gasteiger partial charge in [-0.2, -0.15) is 0 Å². The molecule has 1 fully saturated rings. The fourth-order valence-electron chi connectivity index (χ4n) is 2.38. The summed E-state index contributed by atoms with van der Waals surface area (Å²) >= 11 is 0. The molecule has 4 atom stereocenters. The Morgan fingerprint density at radius 3 is 2.86 bits per heavy atom. The molecule has 0 radical (unpaired) electrons. The fourth-order valence-corrected chi connectivity index (χ4v) is 2.38. The average Bonchev–Trinajstić information content (AvgIpc) is 3.03. The maximum atomic E-state index is 12.3. The van der Waals surface area contributed by atoms with E-state index in [1.807, 2.05) is 0 Å². The number of nitrogens with zero attached hydrogens (tertiary/aromatic N) is 3. The molecule has 1 saturated heterocycles. The van der Waals surface area contributed by atoms with E-state index in [2.05, 4.69) is 15.0 Å². The van der Waals surface area contributed by atoms with E-state index in [4.69, 9.17) is 9.84 Å². The first-order valence-electron chi connectivity index (χ1n) is 6.43. The summed E-state index contributed by atoms with van der Waals surface area (Å²) in [7, 11) is 0. The quantitative estimate of drug-likeness (QED) is 0.552. The van der Waals surface area contributed by atoms with Crippen LogP contribution in [0.3, 0.4) is 0 Å². The Labute approximate surface area is 122 Å². The standard InChI is InChI=1S/C12H13FN4O5/c13-2-1-6-15-10-7(11(21)16-6)14-4-17(10)12-9(20)8(19)5(3-18)22-12/h1-2,4-5,8-9,12,18-20H,3H2,(H,15,16,21)/b2-1-/t5-,8-,9-,12-/m1/s1. The smallest absolute Gasteiger partial charge is 0.279 e. The van der Waals surface area contributed by atoms with Gasteiger partial charge in [-0.05, 0) is 0 Å². The molecule has 2 aromatic heterocycles. The lowest BCUT2D eigenvalue weighted by molar-refractivity contribution is -0.0511. The molecule has 22 heavy (non-hydrogen) atoms. The Kier molecular flexibility index (Phi) is 3.74. The fraction of sp³-hybridized carbons (Fsp3) is 0.417. The van der Waals surface area contributed by atoms with Crippen molar-refractivity contribution in [2.75, 3.05) is 6.61 Å². The third-order valence-corrected chi connectivity index (χ3v) is 3.46. The first-order chi connectivity index (χ1) is 10.6. The van der Waals surface area contributed by atoms with Crippen LogP contribution in [0, 0.1) is 0 Å². The van der Waals surface area contributed by atoms with E-state index < -0.39 is 36.7 Å². The monoisotopic (exact) mass is 312 g/mol. The van der Waals surface area contributed by atoms with Crippen LogP contribution in [-0.2, 0) is 4.74 Å². The van der Waals surface area contributed by atoms with E-state index in [1.54, 1.807) is 0 Å². The highest BCUT2D eigenvalue weighted by Crippen LogP contribution is 2.30. The minimum Gasteiger partial charge on any atom is -0.394 e. The molecule has 0 unspecified atom stereocenters. The predicted molar refractivity (Wildman–Crippen MR) is 71.3 cm³/mol. The number of aliphatic hydroxyl groups excluding tert-OH is 3. The molecular formula is C12H13FN4O5. The number of nitrogens with one attached hydrogen (secondary N) is 1. The SMILES string of the molecule is O=c1[nH]c(/C=C\F)nc2c1ncn2[C@@H]1O[C@H](CO)[C@@H](O)[C@H]1O. The summed E-state index contributed by atoms with van der Waals surface area (Å²) in [6.07, 6.45) is -2.28. The minimum absolute atomic E-state index is 0.0197. The molecule has 10 heteroatoms. The van der Waals surface area contributed by atoms with Gasteiger partial charge in [-0.25, -0.2) is 14.4 Å². The van der Waals surface area contributed by atoms with Crippen LogP contribution in [-0.4, -0.2) is 59.8 Å². The van der Waals surface area contributed by atoms with Gasteiger partial charge in [-0.3, -0.25) is 9.36 Å². The Bertz CT molecular complexity index is 772. The molecule has 3 rings (SSSR count). The summed E-state index contributed by atoms with van der Waals surface area (Å²) < 4.78 is 18.9. The van der Waals surface area contributed by atoms with Crippen molar-refractivity contribution in [2.45, 2.75) is 24.5 Å². The highest BCUT2D eigenvalue weighted by atomic mass is 19.1. The number of aromatic amines is 1. The number of halogens is 1. The van der Waals surface area contributed by atoms with E-state index in [1.165, 1.54) is 10.9 Å². The van der Waals surface area contributed by atoms with Crippen LogP contribution in [0.4, 0.5) is 4.39 Å². The number of aliphatic hydroxyl groups is 3. The van der Waals surface area contributed by atoms with Crippen LogP contribution >= 0.6 is 0 Å². The van der Waals surface area contributed by atoms with Gasteiger partial charge in [0.25, 0.3) is 5.56 Å². The van der Waals surface area contributed by atoms with Gasteiger partial charge >= 0.3 is 0 Å². The summed E-state index contributed by atoms with van der Waals surface area (Å²) in [6, 6.07) is 0. The highest BCUT2D eigenvalue weighted by molar-refractivity contribution is 5.70.